The molecular formula is C20H20ClNO4. The summed E-state index contributed by atoms with van der Waals surface area (Å²) in [6.45, 7) is 2.10. The van der Waals surface area contributed by atoms with E-state index in [9.17, 15) is 9.59 Å². The van der Waals surface area contributed by atoms with Crippen LogP contribution < -0.4 is 10.1 Å². The lowest BCUT2D eigenvalue weighted by Crippen LogP contribution is -2.39. The fraction of sp³-hybridized carbons (Fsp3) is 0.300. The molecule has 5 nitrogen and oxygen atoms in total. The molecule has 0 saturated carbocycles. The molecule has 0 aliphatic carbocycles. The average Bonchev–Trinajstić information content (AvgIpc) is 2.64. The number of amides is 1. The van der Waals surface area contributed by atoms with E-state index >= 15 is 0 Å². The van der Waals surface area contributed by atoms with Gasteiger partial charge in [-0.1, -0.05) is 41.9 Å². The number of halogens is 1. The van der Waals surface area contributed by atoms with Crippen molar-refractivity contribution in [3.8, 4) is 5.75 Å². The summed E-state index contributed by atoms with van der Waals surface area (Å²) in [7, 11) is 0. The fourth-order valence-electron chi connectivity index (χ4n) is 2.84. The van der Waals surface area contributed by atoms with Crippen molar-refractivity contribution in [2.75, 3.05) is 6.61 Å². The van der Waals surface area contributed by atoms with Gasteiger partial charge in [0.2, 0.25) is 0 Å². The van der Waals surface area contributed by atoms with E-state index in [2.05, 4.69) is 5.32 Å². The highest BCUT2D eigenvalue weighted by molar-refractivity contribution is 6.30. The molecule has 3 rings (SSSR count). The molecule has 6 heteroatoms. The Bertz CT molecular complexity index is 791. The summed E-state index contributed by atoms with van der Waals surface area (Å²) in [5.74, 6) is -0.00468. The van der Waals surface area contributed by atoms with Crippen molar-refractivity contribution < 1.29 is 19.1 Å². The average molecular weight is 374 g/mol. The molecule has 26 heavy (non-hydrogen) atoms. The smallest absolute Gasteiger partial charge is 0.311 e. The molecule has 1 aliphatic rings. The number of ether oxygens (including phenoxy) is 2. The lowest BCUT2D eigenvalue weighted by Gasteiger charge is -2.27. The minimum Gasteiger partial charge on any atom is -0.493 e. The number of hydrogen-bond acceptors (Lipinski definition) is 4. The van der Waals surface area contributed by atoms with Crippen LogP contribution in [0.5, 0.6) is 5.75 Å². The first-order valence-corrected chi connectivity index (χ1v) is 8.87. The third kappa shape index (κ3) is 4.55. The molecule has 0 spiro atoms. The van der Waals surface area contributed by atoms with E-state index in [4.69, 9.17) is 21.1 Å². The van der Waals surface area contributed by atoms with Gasteiger partial charge in [0.1, 0.15) is 5.75 Å². The van der Waals surface area contributed by atoms with Gasteiger partial charge >= 0.3 is 5.97 Å². The number of benzene rings is 2. The standard InChI is InChI=1S/C20H20ClNO4/c1-13(26-19(23)12-14-6-8-15(21)9-7-14)20(24)22-17-10-11-25-18-5-3-2-4-16(17)18/h2-9,13,17H,10-12H2,1H3,(H,22,24). The monoisotopic (exact) mass is 373 g/mol. The Morgan fingerprint density at radius 2 is 1.96 bits per heavy atom. The molecule has 2 aromatic carbocycles. The normalized spacial score (nSPS) is 16.8. The third-order valence-electron chi connectivity index (χ3n) is 4.21. The van der Waals surface area contributed by atoms with Crippen molar-refractivity contribution in [2.24, 2.45) is 0 Å². The number of nitrogens with one attached hydrogen (secondary N) is 1. The molecule has 0 radical (unpaired) electrons. The van der Waals surface area contributed by atoms with Crippen LogP contribution in [0.3, 0.4) is 0 Å². The van der Waals surface area contributed by atoms with Gasteiger partial charge in [0, 0.05) is 17.0 Å². The first-order valence-electron chi connectivity index (χ1n) is 8.49. The van der Waals surface area contributed by atoms with E-state index in [0.29, 0.717) is 18.1 Å². The molecule has 1 heterocycles. The maximum absolute atomic E-state index is 12.4. The first-order chi connectivity index (χ1) is 12.5. The van der Waals surface area contributed by atoms with Crippen LogP contribution in [0.4, 0.5) is 0 Å². The number of rotatable bonds is 5. The van der Waals surface area contributed by atoms with Crippen LogP contribution in [0.2, 0.25) is 5.02 Å². The predicted octanol–water partition coefficient (Wildman–Crippen LogP) is 3.45. The van der Waals surface area contributed by atoms with E-state index in [1.54, 1.807) is 31.2 Å². The zero-order valence-electron chi connectivity index (χ0n) is 14.4. The van der Waals surface area contributed by atoms with Crippen LogP contribution in [-0.2, 0) is 20.7 Å². The molecule has 0 aromatic heterocycles. The molecule has 136 valence electrons. The second-order valence-corrected chi connectivity index (χ2v) is 6.61. The van der Waals surface area contributed by atoms with Crippen molar-refractivity contribution in [3.05, 3.63) is 64.7 Å². The van der Waals surface area contributed by atoms with Crippen LogP contribution in [0.1, 0.15) is 30.5 Å². The molecule has 0 saturated heterocycles. The molecule has 1 N–H and O–H groups in total. The maximum Gasteiger partial charge on any atom is 0.311 e. The van der Waals surface area contributed by atoms with Gasteiger partial charge in [0.05, 0.1) is 19.1 Å². The molecule has 2 atom stereocenters. The lowest BCUT2D eigenvalue weighted by atomic mass is 10.0. The van der Waals surface area contributed by atoms with Crippen molar-refractivity contribution in [1.82, 2.24) is 5.32 Å². The van der Waals surface area contributed by atoms with Crippen LogP contribution in [0.15, 0.2) is 48.5 Å². The van der Waals surface area contributed by atoms with E-state index in [1.165, 1.54) is 0 Å². The Hall–Kier alpha value is -2.53. The molecule has 1 aliphatic heterocycles. The van der Waals surface area contributed by atoms with Crippen molar-refractivity contribution in [1.29, 1.82) is 0 Å². The Labute approximate surface area is 157 Å². The highest BCUT2D eigenvalue weighted by Crippen LogP contribution is 2.31. The number of carbonyl (C=O) groups excluding carboxylic acids is 2. The van der Waals surface area contributed by atoms with Crippen LogP contribution in [0, 0.1) is 0 Å². The van der Waals surface area contributed by atoms with Gasteiger partial charge in [-0.15, -0.1) is 0 Å². The second kappa shape index (κ2) is 8.23. The van der Waals surface area contributed by atoms with Gasteiger partial charge in [0.15, 0.2) is 6.10 Å². The van der Waals surface area contributed by atoms with E-state index in [-0.39, 0.29) is 18.4 Å². The molecule has 2 aromatic rings. The Kier molecular flexibility index (Phi) is 5.78. The van der Waals surface area contributed by atoms with Gasteiger partial charge in [0.25, 0.3) is 5.91 Å². The summed E-state index contributed by atoms with van der Waals surface area (Å²) in [6.07, 6.45) is -0.104. The molecule has 1 amide bonds. The predicted molar refractivity (Wildman–Crippen MR) is 98.1 cm³/mol. The second-order valence-electron chi connectivity index (χ2n) is 6.17. The SMILES string of the molecule is CC(OC(=O)Cc1ccc(Cl)cc1)C(=O)NC1CCOc2ccccc21. The zero-order chi connectivity index (χ0) is 18.5. The summed E-state index contributed by atoms with van der Waals surface area (Å²) < 4.78 is 10.8. The van der Waals surface area contributed by atoms with Gasteiger partial charge in [-0.3, -0.25) is 9.59 Å². The van der Waals surface area contributed by atoms with Crippen LogP contribution in [-0.4, -0.2) is 24.6 Å². The number of fused-ring (bicyclic) bond motifs is 1. The topological polar surface area (TPSA) is 64.6 Å². The Morgan fingerprint density at radius 3 is 2.73 bits per heavy atom. The number of para-hydroxylation sites is 1. The zero-order valence-corrected chi connectivity index (χ0v) is 15.2. The summed E-state index contributed by atoms with van der Waals surface area (Å²) in [5.41, 5.74) is 1.72. The van der Waals surface area contributed by atoms with Gasteiger partial charge < -0.3 is 14.8 Å². The third-order valence-corrected chi connectivity index (χ3v) is 4.47. The largest absolute Gasteiger partial charge is 0.493 e. The van der Waals surface area contributed by atoms with Crippen molar-refractivity contribution in [2.45, 2.75) is 31.9 Å². The molecule has 0 fully saturated rings. The summed E-state index contributed by atoms with van der Waals surface area (Å²) >= 11 is 5.82. The highest BCUT2D eigenvalue weighted by atomic mass is 35.5. The molecule has 0 bridgehead atoms. The molecular weight excluding hydrogens is 354 g/mol. The van der Waals surface area contributed by atoms with Gasteiger partial charge in [-0.05, 0) is 30.7 Å². The van der Waals surface area contributed by atoms with Crippen LogP contribution >= 0.6 is 11.6 Å². The molecule has 2 unspecified atom stereocenters. The van der Waals surface area contributed by atoms with E-state index < -0.39 is 12.1 Å². The van der Waals surface area contributed by atoms with Crippen molar-refractivity contribution >= 4 is 23.5 Å². The maximum atomic E-state index is 12.4. The number of carbonyl (C=O) groups is 2. The summed E-state index contributed by atoms with van der Waals surface area (Å²) in [5, 5.41) is 3.54. The summed E-state index contributed by atoms with van der Waals surface area (Å²) in [6, 6.07) is 14.4. The Balaban J connectivity index is 1.55. The summed E-state index contributed by atoms with van der Waals surface area (Å²) in [4.78, 5) is 24.5. The van der Waals surface area contributed by atoms with E-state index in [0.717, 1.165) is 16.9 Å². The quantitative estimate of drug-likeness (QED) is 0.815. The van der Waals surface area contributed by atoms with Gasteiger partial charge in [-0.2, -0.15) is 0 Å². The lowest BCUT2D eigenvalue weighted by molar-refractivity contribution is -0.154. The first kappa shape index (κ1) is 18.3. The Morgan fingerprint density at radius 1 is 1.23 bits per heavy atom. The minimum atomic E-state index is -0.871. The van der Waals surface area contributed by atoms with Gasteiger partial charge in [-0.25, -0.2) is 0 Å². The highest BCUT2D eigenvalue weighted by Gasteiger charge is 2.26. The van der Waals surface area contributed by atoms with E-state index in [1.807, 2.05) is 24.3 Å². The minimum absolute atomic E-state index is 0.0922. The van der Waals surface area contributed by atoms with Crippen LogP contribution in [0.25, 0.3) is 0 Å². The number of hydrogen-bond donors (Lipinski definition) is 1. The number of esters is 1. The van der Waals surface area contributed by atoms with Crippen molar-refractivity contribution in [3.63, 3.8) is 0 Å². The fourth-order valence-corrected chi connectivity index (χ4v) is 2.97.